The molecule has 0 aromatic rings. The molecule has 4 unspecified atom stereocenters. The van der Waals surface area contributed by atoms with Gasteiger partial charge in [0, 0.05) is 22.6 Å². The third-order valence-electron chi connectivity index (χ3n) is 4.49. The van der Waals surface area contributed by atoms with Crippen molar-refractivity contribution in [2.75, 3.05) is 12.3 Å². The van der Waals surface area contributed by atoms with Crippen molar-refractivity contribution in [1.29, 1.82) is 0 Å². The Morgan fingerprint density at radius 2 is 1.95 bits per heavy atom. The maximum absolute atomic E-state index is 12.7. The zero-order chi connectivity index (χ0) is 15.0. The van der Waals surface area contributed by atoms with Crippen molar-refractivity contribution in [1.82, 2.24) is 5.32 Å². The van der Waals surface area contributed by atoms with Crippen molar-refractivity contribution >= 4 is 10.8 Å². The van der Waals surface area contributed by atoms with E-state index in [0.29, 0.717) is 17.2 Å². The van der Waals surface area contributed by atoms with Crippen molar-refractivity contribution in [2.24, 2.45) is 11.8 Å². The van der Waals surface area contributed by atoms with Crippen LogP contribution in [0.5, 0.6) is 0 Å². The van der Waals surface area contributed by atoms with Gasteiger partial charge in [0.2, 0.25) is 0 Å². The molecule has 20 heavy (non-hydrogen) atoms. The van der Waals surface area contributed by atoms with Crippen LogP contribution in [0.3, 0.4) is 0 Å². The monoisotopic (exact) mass is 301 g/mol. The lowest BCUT2D eigenvalue weighted by Gasteiger charge is -2.36. The fraction of sp³-hybridized carbons (Fsp3) is 1.00. The van der Waals surface area contributed by atoms with Gasteiger partial charge in [-0.15, -0.1) is 0 Å². The van der Waals surface area contributed by atoms with Crippen molar-refractivity contribution < 1.29 is 4.21 Å². The summed E-state index contributed by atoms with van der Waals surface area (Å²) >= 11 is 0. The van der Waals surface area contributed by atoms with Crippen LogP contribution in [0.2, 0.25) is 0 Å². The molecule has 120 valence electrons. The molecule has 1 aliphatic carbocycles. The molecule has 2 nitrogen and oxygen atoms in total. The van der Waals surface area contributed by atoms with Gasteiger partial charge in [0.05, 0.1) is 5.25 Å². The molecule has 1 aliphatic rings. The Kier molecular flexibility index (Phi) is 9.03. The SMILES string of the molecule is CCCNC1CCC(CCC)CC1S(=O)CCC(C)C. The van der Waals surface area contributed by atoms with E-state index in [-0.39, 0.29) is 0 Å². The van der Waals surface area contributed by atoms with Crippen molar-refractivity contribution in [2.45, 2.75) is 83.9 Å². The van der Waals surface area contributed by atoms with Gasteiger partial charge in [-0.2, -0.15) is 0 Å². The molecule has 0 bridgehead atoms. The molecule has 1 rings (SSSR count). The Morgan fingerprint density at radius 1 is 1.20 bits per heavy atom. The molecule has 0 aliphatic heterocycles. The van der Waals surface area contributed by atoms with E-state index < -0.39 is 10.8 Å². The summed E-state index contributed by atoms with van der Waals surface area (Å²) in [6.45, 7) is 10.0. The smallest absolute Gasteiger partial charge is 0.0503 e. The van der Waals surface area contributed by atoms with E-state index in [1.165, 1.54) is 38.5 Å². The van der Waals surface area contributed by atoms with E-state index in [1.54, 1.807) is 0 Å². The van der Waals surface area contributed by atoms with Crippen molar-refractivity contribution in [3.63, 3.8) is 0 Å². The van der Waals surface area contributed by atoms with Gasteiger partial charge in [-0.25, -0.2) is 0 Å². The van der Waals surface area contributed by atoms with Crippen LogP contribution >= 0.6 is 0 Å². The van der Waals surface area contributed by atoms with Crippen LogP contribution in [0.1, 0.15) is 72.6 Å². The van der Waals surface area contributed by atoms with Gasteiger partial charge in [0.15, 0.2) is 0 Å². The maximum atomic E-state index is 12.7. The number of hydrogen-bond donors (Lipinski definition) is 1. The average Bonchev–Trinajstić information content (AvgIpc) is 2.43. The van der Waals surface area contributed by atoms with Crippen LogP contribution in [0.25, 0.3) is 0 Å². The first-order chi connectivity index (χ1) is 9.58. The molecular weight excluding hydrogens is 266 g/mol. The van der Waals surface area contributed by atoms with Gasteiger partial charge < -0.3 is 5.32 Å². The van der Waals surface area contributed by atoms with E-state index in [9.17, 15) is 4.21 Å². The summed E-state index contributed by atoms with van der Waals surface area (Å²) < 4.78 is 12.7. The summed E-state index contributed by atoms with van der Waals surface area (Å²) in [5.41, 5.74) is 0. The van der Waals surface area contributed by atoms with E-state index in [4.69, 9.17) is 0 Å². The summed E-state index contributed by atoms with van der Waals surface area (Å²) in [5, 5.41) is 4.05. The third kappa shape index (κ3) is 6.26. The molecular formula is C17H35NOS. The van der Waals surface area contributed by atoms with Gasteiger partial charge in [-0.1, -0.05) is 40.5 Å². The molecule has 0 saturated heterocycles. The second-order valence-electron chi connectivity index (χ2n) is 6.83. The molecule has 0 radical (unpaired) electrons. The Bertz CT molecular complexity index is 280. The highest BCUT2D eigenvalue weighted by Gasteiger charge is 2.33. The standard InChI is InChI=1S/C17H35NOS/c1-5-7-15-8-9-16(18-11-6-2)17(13-15)20(19)12-10-14(3)4/h14-18H,5-13H2,1-4H3. The highest BCUT2D eigenvalue weighted by Crippen LogP contribution is 2.31. The van der Waals surface area contributed by atoms with E-state index in [0.717, 1.165) is 24.6 Å². The molecule has 0 amide bonds. The highest BCUT2D eigenvalue weighted by atomic mass is 32.2. The average molecular weight is 302 g/mol. The van der Waals surface area contributed by atoms with Crippen molar-refractivity contribution in [3.8, 4) is 0 Å². The molecule has 0 aromatic heterocycles. The molecule has 4 atom stereocenters. The molecule has 0 aromatic carbocycles. The van der Waals surface area contributed by atoms with E-state index in [1.807, 2.05) is 0 Å². The molecule has 0 spiro atoms. The Hall–Kier alpha value is 0.110. The normalized spacial score (nSPS) is 28.8. The van der Waals surface area contributed by atoms with Crippen LogP contribution in [0.4, 0.5) is 0 Å². The molecule has 0 heterocycles. The highest BCUT2D eigenvalue weighted by molar-refractivity contribution is 7.85. The number of nitrogens with one attached hydrogen (secondary N) is 1. The van der Waals surface area contributed by atoms with Crippen molar-refractivity contribution in [3.05, 3.63) is 0 Å². The summed E-state index contributed by atoms with van der Waals surface area (Å²) in [7, 11) is -0.647. The fourth-order valence-electron chi connectivity index (χ4n) is 3.24. The largest absolute Gasteiger partial charge is 0.313 e. The summed E-state index contributed by atoms with van der Waals surface area (Å²) in [5.74, 6) is 2.37. The second-order valence-corrected chi connectivity index (χ2v) is 8.61. The molecule has 3 heteroatoms. The van der Waals surface area contributed by atoms with Crippen LogP contribution in [0, 0.1) is 11.8 Å². The summed E-state index contributed by atoms with van der Waals surface area (Å²) in [4.78, 5) is 0. The second kappa shape index (κ2) is 9.94. The van der Waals surface area contributed by atoms with Gasteiger partial charge in [-0.3, -0.25) is 4.21 Å². The first-order valence-corrected chi connectivity index (χ1v) is 10.1. The number of rotatable bonds is 9. The quantitative estimate of drug-likeness (QED) is 0.694. The predicted molar refractivity (Wildman–Crippen MR) is 90.6 cm³/mol. The van der Waals surface area contributed by atoms with Gasteiger partial charge in [0.25, 0.3) is 0 Å². The third-order valence-corrected chi connectivity index (χ3v) is 6.32. The Morgan fingerprint density at radius 3 is 2.55 bits per heavy atom. The van der Waals surface area contributed by atoms with Gasteiger partial charge >= 0.3 is 0 Å². The first-order valence-electron chi connectivity index (χ1n) is 8.69. The van der Waals surface area contributed by atoms with Crippen LogP contribution < -0.4 is 5.32 Å². The Balaban J connectivity index is 2.57. The molecule has 1 saturated carbocycles. The van der Waals surface area contributed by atoms with E-state index >= 15 is 0 Å². The zero-order valence-electron chi connectivity index (χ0n) is 14.0. The lowest BCUT2D eigenvalue weighted by Crippen LogP contribution is -2.47. The van der Waals surface area contributed by atoms with Crippen LogP contribution in [-0.2, 0) is 10.8 Å². The van der Waals surface area contributed by atoms with Crippen LogP contribution in [-0.4, -0.2) is 27.8 Å². The first kappa shape index (κ1) is 18.2. The lowest BCUT2D eigenvalue weighted by atomic mass is 9.83. The maximum Gasteiger partial charge on any atom is 0.0503 e. The lowest BCUT2D eigenvalue weighted by molar-refractivity contribution is 0.284. The van der Waals surface area contributed by atoms with Gasteiger partial charge in [-0.05, 0) is 50.5 Å². The Labute approximate surface area is 128 Å². The van der Waals surface area contributed by atoms with E-state index in [2.05, 4.69) is 33.0 Å². The van der Waals surface area contributed by atoms with Crippen LogP contribution in [0.15, 0.2) is 0 Å². The summed E-state index contributed by atoms with van der Waals surface area (Å²) in [6.07, 6.45) is 8.58. The molecule has 1 fully saturated rings. The minimum atomic E-state index is -0.647. The fourth-order valence-corrected chi connectivity index (χ4v) is 5.33. The number of hydrogen-bond acceptors (Lipinski definition) is 2. The topological polar surface area (TPSA) is 29.1 Å². The minimum Gasteiger partial charge on any atom is -0.313 e. The molecule has 1 N–H and O–H groups in total. The predicted octanol–water partition coefficient (Wildman–Crippen LogP) is 4.12. The zero-order valence-corrected chi connectivity index (χ0v) is 14.8. The minimum absolute atomic E-state index is 0.394. The summed E-state index contributed by atoms with van der Waals surface area (Å²) in [6, 6.07) is 0.496. The van der Waals surface area contributed by atoms with Gasteiger partial charge in [0.1, 0.15) is 0 Å².